The Labute approximate surface area is 80.5 Å². The van der Waals surface area contributed by atoms with E-state index in [9.17, 15) is 15.0 Å². The third-order valence-electron chi connectivity index (χ3n) is 2.48. The second-order valence-electron chi connectivity index (χ2n) is 3.34. The zero-order valence-corrected chi connectivity index (χ0v) is 7.71. The van der Waals surface area contributed by atoms with Gasteiger partial charge in [0, 0.05) is 0 Å². The molecule has 6 heteroatoms. The van der Waals surface area contributed by atoms with E-state index in [4.69, 9.17) is 10.2 Å². The molecule has 0 aliphatic carbocycles. The second-order valence-corrected chi connectivity index (χ2v) is 3.34. The summed E-state index contributed by atoms with van der Waals surface area (Å²) in [4.78, 5) is 14.9. The maximum atomic E-state index is 11.4. The van der Waals surface area contributed by atoms with Crippen molar-refractivity contribution in [3.8, 4) is 0 Å². The van der Waals surface area contributed by atoms with Crippen LogP contribution in [0, 0.1) is 5.92 Å². The van der Waals surface area contributed by atoms with Crippen molar-refractivity contribution < 1.29 is 25.2 Å². The highest BCUT2D eigenvalue weighted by molar-refractivity contribution is 6.40. The highest BCUT2D eigenvalue weighted by Gasteiger charge is 2.50. The molecule has 80 valence electrons. The first-order chi connectivity index (χ1) is 6.47. The predicted octanol–water partition coefficient (Wildman–Crippen LogP) is -2.32. The number of rotatable bonds is 2. The largest absolute Gasteiger partial charge is 0.395 e. The molecule has 0 amide bonds. The van der Waals surface area contributed by atoms with Gasteiger partial charge in [0.2, 0.25) is 0 Å². The number of ketones is 1. The minimum Gasteiger partial charge on any atom is -0.395 e. The molecule has 1 heterocycles. The molecule has 0 saturated heterocycles. The van der Waals surface area contributed by atoms with Gasteiger partial charge in [0.1, 0.15) is 5.60 Å². The Kier molecular flexibility index (Phi) is 3.01. The lowest BCUT2D eigenvalue weighted by Crippen LogP contribution is -2.59. The summed E-state index contributed by atoms with van der Waals surface area (Å²) in [6, 6.07) is 0. The molecule has 1 aliphatic heterocycles. The van der Waals surface area contributed by atoms with E-state index in [-0.39, 0.29) is 5.71 Å². The van der Waals surface area contributed by atoms with Gasteiger partial charge in [-0.25, -0.2) is 0 Å². The highest BCUT2D eigenvalue weighted by Crippen LogP contribution is 2.27. The molecule has 1 rings (SSSR count). The van der Waals surface area contributed by atoms with Crippen LogP contribution in [-0.4, -0.2) is 57.0 Å². The van der Waals surface area contributed by atoms with Crippen molar-refractivity contribution >= 4 is 11.5 Å². The minimum absolute atomic E-state index is 0.0367. The first-order valence-electron chi connectivity index (χ1n) is 4.18. The lowest BCUT2D eigenvalue weighted by Gasteiger charge is -2.37. The van der Waals surface area contributed by atoms with Crippen LogP contribution < -0.4 is 0 Å². The smallest absolute Gasteiger partial charge is 0.184 e. The van der Waals surface area contributed by atoms with Crippen LogP contribution in [0.3, 0.4) is 0 Å². The molecule has 14 heavy (non-hydrogen) atoms. The average Bonchev–Trinajstić information content (AvgIpc) is 2.16. The van der Waals surface area contributed by atoms with Crippen molar-refractivity contribution in [2.45, 2.75) is 18.8 Å². The molecule has 4 N–H and O–H groups in total. The molecule has 6 nitrogen and oxygen atoms in total. The summed E-state index contributed by atoms with van der Waals surface area (Å²) in [7, 11) is 0. The van der Waals surface area contributed by atoms with E-state index in [2.05, 4.69) is 4.99 Å². The first-order valence-corrected chi connectivity index (χ1v) is 4.18. The Morgan fingerprint density at radius 1 is 1.50 bits per heavy atom. The van der Waals surface area contributed by atoms with Crippen molar-refractivity contribution in [2.24, 2.45) is 10.9 Å². The van der Waals surface area contributed by atoms with Crippen molar-refractivity contribution in [1.29, 1.82) is 0 Å². The molecule has 0 aromatic rings. The molecule has 3 atom stereocenters. The normalized spacial score (nSPS) is 38.4. The van der Waals surface area contributed by atoms with Gasteiger partial charge < -0.3 is 20.4 Å². The SMILES string of the molecule is CC1=NC(O)C(O)(CO)C(CO)C1=O. The van der Waals surface area contributed by atoms with Crippen molar-refractivity contribution in [2.75, 3.05) is 13.2 Å². The molecular formula is C8H13NO5. The van der Waals surface area contributed by atoms with Crippen LogP contribution in [-0.2, 0) is 4.79 Å². The van der Waals surface area contributed by atoms with Gasteiger partial charge in [-0.2, -0.15) is 0 Å². The lowest BCUT2D eigenvalue weighted by atomic mass is 9.80. The summed E-state index contributed by atoms with van der Waals surface area (Å²) in [5.74, 6) is -1.78. The Morgan fingerprint density at radius 2 is 2.07 bits per heavy atom. The van der Waals surface area contributed by atoms with Gasteiger partial charge in [-0.1, -0.05) is 0 Å². The lowest BCUT2D eigenvalue weighted by molar-refractivity contribution is -0.162. The number of aliphatic hydroxyl groups is 4. The fourth-order valence-corrected chi connectivity index (χ4v) is 1.45. The van der Waals surface area contributed by atoms with Crippen LogP contribution in [0.4, 0.5) is 0 Å². The first kappa shape index (κ1) is 11.3. The van der Waals surface area contributed by atoms with Gasteiger partial charge in [0.05, 0.1) is 24.8 Å². The number of hydrogen-bond donors (Lipinski definition) is 4. The number of aliphatic hydroxyl groups excluding tert-OH is 3. The van der Waals surface area contributed by atoms with Gasteiger partial charge in [-0.05, 0) is 6.92 Å². The van der Waals surface area contributed by atoms with E-state index in [1.807, 2.05) is 0 Å². The molecule has 0 saturated carbocycles. The third-order valence-corrected chi connectivity index (χ3v) is 2.48. The van der Waals surface area contributed by atoms with E-state index >= 15 is 0 Å². The molecule has 3 unspecified atom stereocenters. The molecule has 0 bridgehead atoms. The summed E-state index contributed by atoms with van der Waals surface area (Å²) in [5.41, 5.74) is -2.04. The van der Waals surface area contributed by atoms with Crippen molar-refractivity contribution in [3.63, 3.8) is 0 Å². The topological polar surface area (TPSA) is 110 Å². The van der Waals surface area contributed by atoms with E-state index in [0.29, 0.717) is 0 Å². The third kappa shape index (κ3) is 1.46. The van der Waals surface area contributed by atoms with Gasteiger partial charge in [0.25, 0.3) is 0 Å². The van der Waals surface area contributed by atoms with Crippen molar-refractivity contribution in [1.82, 2.24) is 0 Å². The zero-order chi connectivity index (χ0) is 10.9. The van der Waals surface area contributed by atoms with E-state index in [0.717, 1.165) is 0 Å². The van der Waals surface area contributed by atoms with E-state index in [1.165, 1.54) is 6.92 Å². The average molecular weight is 203 g/mol. The number of Topliss-reactive ketones (excluding diaryl/α,β-unsaturated/α-hetero) is 1. The van der Waals surface area contributed by atoms with Gasteiger partial charge in [-0.3, -0.25) is 9.79 Å². The van der Waals surface area contributed by atoms with Crippen LogP contribution in [0.2, 0.25) is 0 Å². The van der Waals surface area contributed by atoms with Gasteiger partial charge in [-0.15, -0.1) is 0 Å². The van der Waals surface area contributed by atoms with Crippen LogP contribution in [0.15, 0.2) is 4.99 Å². The van der Waals surface area contributed by atoms with Crippen LogP contribution in [0.25, 0.3) is 0 Å². The zero-order valence-electron chi connectivity index (χ0n) is 7.71. The second kappa shape index (κ2) is 3.74. The fraction of sp³-hybridized carbons (Fsp3) is 0.750. The highest BCUT2D eigenvalue weighted by atomic mass is 16.4. The maximum absolute atomic E-state index is 11.4. The predicted molar refractivity (Wildman–Crippen MR) is 46.7 cm³/mol. The molecule has 1 aliphatic rings. The summed E-state index contributed by atoms with van der Waals surface area (Å²) >= 11 is 0. The summed E-state index contributed by atoms with van der Waals surface area (Å²) in [6.45, 7) is -0.0904. The number of hydrogen-bond acceptors (Lipinski definition) is 6. The molecule has 0 spiro atoms. The Balaban J connectivity index is 3.13. The van der Waals surface area contributed by atoms with E-state index < -0.39 is 36.7 Å². The monoisotopic (exact) mass is 203 g/mol. The van der Waals surface area contributed by atoms with Crippen LogP contribution >= 0.6 is 0 Å². The fourth-order valence-electron chi connectivity index (χ4n) is 1.45. The van der Waals surface area contributed by atoms with Gasteiger partial charge in [0.15, 0.2) is 12.0 Å². The summed E-state index contributed by atoms with van der Waals surface area (Å²) in [6.07, 6.45) is -1.58. The Morgan fingerprint density at radius 3 is 2.50 bits per heavy atom. The quantitative estimate of drug-likeness (QED) is 0.402. The Hall–Kier alpha value is -0.820. The number of carbonyl (C=O) groups is 1. The van der Waals surface area contributed by atoms with Crippen molar-refractivity contribution in [3.05, 3.63) is 0 Å². The molecule has 0 fully saturated rings. The molecule has 0 aromatic heterocycles. The summed E-state index contributed by atoms with van der Waals surface area (Å²) in [5, 5.41) is 36.9. The van der Waals surface area contributed by atoms with Gasteiger partial charge >= 0.3 is 0 Å². The number of carbonyl (C=O) groups excluding carboxylic acids is 1. The summed E-state index contributed by atoms with van der Waals surface area (Å²) < 4.78 is 0. The number of aliphatic imine (C=N–C) groups is 1. The van der Waals surface area contributed by atoms with E-state index in [1.54, 1.807) is 0 Å². The maximum Gasteiger partial charge on any atom is 0.184 e. The van der Waals surface area contributed by atoms with Crippen LogP contribution in [0.5, 0.6) is 0 Å². The number of nitrogens with zero attached hydrogens (tertiary/aromatic N) is 1. The standard InChI is InChI=1S/C8H13NO5/c1-4-6(12)5(2-10)8(14,3-11)7(13)9-4/h5,7,10-11,13-14H,2-3H2,1H3. The Bertz CT molecular complexity index is 277. The minimum atomic E-state index is -2.08. The molecule has 0 radical (unpaired) electrons. The van der Waals surface area contributed by atoms with Crippen LogP contribution in [0.1, 0.15) is 6.92 Å². The molecular weight excluding hydrogens is 190 g/mol. The molecule has 0 aromatic carbocycles.